The van der Waals surface area contributed by atoms with Crippen LogP contribution in [0.1, 0.15) is 0 Å². The van der Waals surface area contributed by atoms with E-state index >= 15 is 0 Å². The minimum absolute atomic E-state index is 0.00957. The lowest BCUT2D eigenvalue weighted by Gasteiger charge is -2.02. The van der Waals surface area contributed by atoms with Gasteiger partial charge < -0.3 is 21.5 Å². The molecule has 2 heterocycles. The van der Waals surface area contributed by atoms with Crippen LogP contribution in [0.2, 0.25) is 0 Å². The van der Waals surface area contributed by atoms with Gasteiger partial charge in [-0.3, -0.25) is 0 Å². The summed E-state index contributed by atoms with van der Waals surface area (Å²) in [6.07, 6.45) is 0. The van der Waals surface area contributed by atoms with Crippen molar-refractivity contribution in [2.45, 2.75) is 4.90 Å². The molecule has 0 spiro atoms. The standard InChI is InChI=1S/C17H18N8O3S2/c18-7-8-28-11-3-6-13-14(9-11)29-17(22-13)25-15(19)23-16(24-25)21-10-1-4-12(5-2-10)30(20,26)27/h1-6,9H,7-8,18H2,(H2,20,26,27)(H3,19,21,23,24). The lowest BCUT2D eigenvalue weighted by Crippen LogP contribution is -2.11. The van der Waals surface area contributed by atoms with Crippen LogP contribution < -0.4 is 26.7 Å². The van der Waals surface area contributed by atoms with Gasteiger partial charge in [0.1, 0.15) is 12.4 Å². The summed E-state index contributed by atoms with van der Waals surface area (Å²) in [6.45, 7) is 0.864. The van der Waals surface area contributed by atoms with Crippen molar-refractivity contribution < 1.29 is 13.2 Å². The summed E-state index contributed by atoms with van der Waals surface area (Å²) in [4.78, 5) is 8.73. The number of nitrogen functional groups attached to an aromatic ring is 1. The van der Waals surface area contributed by atoms with Crippen molar-refractivity contribution in [3.8, 4) is 10.9 Å². The molecular weight excluding hydrogens is 428 g/mol. The second kappa shape index (κ2) is 7.87. The van der Waals surface area contributed by atoms with Crippen LogP contribution in [0.4, 0.5) is 17.6 Å². The van der Waals surface area contributed by atoms with E-state index in [1.807, 2.05) is 18.2 Å². The average Bonchev–Trinajstić information content (AvgIpc) is 3.28. The van der Waals surface area contributed by atoms with Crippen LogP contribution >= 0.6 is 11.3 Å². The van der Waals surface area contributed by atoms with Gasteiger partial charge in [-0.25, -0.2) is 18.5 Å². The highest BCUT2D eigenvalue weighted by atomic mass is 32.2. The number of primary sulfonamides is 1. The summed E-state index contributed by atoms with van der Waals surface area (Å²) in [5.74, 6) is 1.10. The van der Waals surface area contributed by atoms with Gasteiger partial charge in [0.15, 0.2) is 0 Å². The summed E-state index contributed by atoms with van der Waals surface area (Å²) in [5, 5.41) is 13.0. The van der Waals surface area contributed by atoms with E-state index in [9.17, 15) is 8.42 Å². The highest BCUT2D eigenvalue weighted by Gasteiger charge is 2.14. The lowest BCUT2D eigenvalue weighted by molar-refractivity contribution is 0.329. The first kappa shape index (κ1) is 20.0. The van der Waals surface area contributed by atoms with Crippen LogP contribution in [-0.2, 0) is 10.0 Å². The Morgan fingerprint density at radius 3 is 2.60 bits per heavy atom. The number of hydrogen-bond acceptors (Lipinski definition) is 10. The monoisotopic (exact) mass is 446 g/mol. The maximum absolute atomic E-state index is 11.3. The third-order valence-corrected chi connectivity index (χ3v) is 5.91. The van der Waals surface area contributed by atoms with Crippen LogP contribution in [0.5, 0.6) is 5.75 Å². The molecule has 11 nitrogen and oxygen atoms in total. The Kier molecular flexibility index (Phi) is 5.26. The van der Waals surface area contributed by atoms with Gasteiger partial charge in [0.25, 0.3) is 0 Å². The molecule has 2 aromatic carbocycles. The topological polar surface area (TPSA) is 177 Å². The van der Waals surface area contributed by atoms with Gasteiger partial charge in [0.05, 0.1) is 15.1 Å². The van der Waals surface area contributed by atoms with Crippen LogP contribution in [-0.4, -0.2) is 41.3 Å². The molecule has 7 N–H and O–H groups in total. The Morgan fingerprint density at radius 2 is 1.90 bits per heavy atom. The molecule has 30 heavy (non-hydrogen) atoms. The number of anilines is 3. The van der Waals surface area contributed by atoms with Crippen molar-refractivity contribution in [1.82, 2.24) is 19.7 Å². The van der Waals surface area contributed by atoms with Crippen molar-refractivity contribution >= 4 is 49.2 Å². The minimum Gasteiger partial charge on any atom is -0.492 e. The molecule has 0 atom stereocenters. The Morgan fingerprint density at radius 1 is 1.13 bits per heavy atom. The fourth-order valence-electron chi connectivity index (χ4n) is 2.62. The van der Waals surface area contributed by atoms with E-state index in [0.717, 1.165) is 10.2 Å². The zero-order valence-corrected chi connectivity index (χ0v) is 17.2. The normalized spacial score (nSPS) is 11.7. The summed E-state index contributed by atoms with van der Waals surface area (Å²) < 4.78 is 30.6. The van der Waals surface area contributed by atoms with Crippen molar-refractivity contribution in [2.24, 2.45) is 10.9 Å². The molecule has 0 fully saturated rings. The molecule has 4 aromatic rings. The number of rotatable bonds is 7. The highest BCUT2D eigenvalue weighted by molar-refractivity contribution is 7.89. The number of ether oxygens (including phenoxy) is 1. The lowest BCUT2D eigenvalue weighted by atomic mass is 10.3. The molecule has 2 aromatic heterocycles. The molecule has 0 amide bonds. The Bertz CT molecular complexity index is 1300. The molecule has 156 valence electrons. The molecule has 0 aliphatic heterocycles. The number of nitrogens with one attached hydrogen (secondary N) is 1. The first-order valence-electron chi connectivity index (χ1n) is 8.70. The van der Waals surface area contributed by atoms with Crippen LogP contribution in [0.3, 0.4) is 0 Å². The zero-order valence-electron chi connectivity index (χ0n) is 15.5. The molecule has 13 heteroatoms. The molecule has 0 saturated carbocycles. The van der Waals surface area contributed by atoms with E-state index in [1.54, 1.807) is 12.1 Å². The van der Waals surface area contributed by atoms with Gasteiger partial charge in [0.2, 0.25) is 27.1 Å². The Hall–Kier alpha value is -3.26. The maximum Gasteiger partial charge on any atom is 0.248 e. The SMILES string of the molecule is NCCOc1ccc2nc(-n3nc(Nc4ccc(S(N)(=O)=O)cc4)nc3N)sc2c1. The quantitative estimate of drug-likeness (QED) is 0.324. The molecule has 0 unspecified atom stereocenters. The first-order valence-corrected chi connectivity index (χ1v) is 11.1. The van der Waals surface area contributed by atoms with E-state index in [1.165, 1.54) is 28.2 Å². The van der Waals surface area contributed by atoms with Crippen molar-refractivity contribution in [2.75, 3.05) is 24.2 Å². The number of sulfonamides is 1. The number of benzene rings is 2. The average molecular weight is 447 g/mol. The van der Waals surface area contributed by atoms with E-state index in [0.29, 0.717) is 29.7 Å². The van der Waals surface area contributed by atoms with Crippen molar-refractivity contribution in [3.05, 3.63) is 42.5 Å². The Balaban J connectivity index is 1.57. The summed E-state index contributed by atoms with van der Waals surface area (Å²) in [5.41, 5.74) is 12.8. The van der Waals surface area contributed by atoms with E-state index in [-0.39, 0.29) is 16.8 Å². The largest absolute Gasteiger partial charge is 0.492 e. The number of fused-ring (bicyclic) bond motifs is 1. The smallest absolute Gasteiger partial charge is 0.248 e. The van der Waals surface area contributed by atoms with Gasteiger partial charge >= 0.3 is 0 Å². The van der Waals surface area contributed by atoms with E-state index in [4.69, 9.17) is 21.3 Å². The highest BCUT2D eigenvalue weighted by Crippen LogP contribution is 2.29. The number of nitrogens with two attached hydrogens (primary N) is 3. The predicted molar refractivity (Wildman–Crippen MR) is 115 cm³/mol. The molecule has 0 aliphatic rings. The molecule has 0 bridgehead atoms. The van der Waals surface area contributed by atoms with E-state index < -0.39 is 10.0 Å². The zero-order chi connectivity index (χ0) is 21.3. The van der Waals surface area contributed by atoms with E-state index in [2.05, 4.69) is 20.4 Å². The fourth-order valence-corrected chi connectivity index (χ4v) is 4.10. The van der Waals surface area contributed by atoms with Gasteiger partial charge in [-0.05, 0) is 42.5 Å². The van der Waals surface area contributed by atoms with Gasteiger partial charge in [-0.15, -0.1) is 5.10 Å². The van der Waals surface area contributed by atoms with Gasteiger partial charge in [0, 0.05) is 12.2 Å². The third-order valence-electron chi connectivity index (χ3n) is 3.99. The molecular formula is C17H18N8O3S2. The second-order valence-electron chi connectivity index (χ2n) is 6.16. The number of aromatic nitrogens is 4. The fraction of sp³-hybridized carbons (Fsp3) is 0.118. The number of thiazole rings is 1. The first-order chi connectivity index (χ1) is 14.3. The summed E-state index contributed by atoms with van der Waals surface area (Å²) in [7, 11) is -3.76. The number of hydrogen-bond donors (Lipinski definition) is 4. The van der Waals surface area contributed by atoms with Crippen LogP contribution in [0.25, 0.3) is 15.3 Å². The summed E-state index contributed by atoms with van der Waals surface area (Å²) >= 11 is 1.39. The molecule has 0 radical (unpaired) electrons. The molecule has 4 rings (SSSR count). The minimum atomic E-state index is -3.76. The van der Waals surface area contributed by atoms with Gasteiger partial charge in [-0.1, -0.05) is 11.3 Å². The van der Waals surface area contributed by atoms with Crippen molar-refractivity contribution in [1.29, 1.82) is 0 Å². The van der Waals surface area contributed by atoms with Crippen LogP contribution in [0.15, 0.2) is 47.4 Å². The third kappa shape index (κ3) is 4.18. The van der Waals surface area contributed by atoms with Crippen molar-refractivity contribution in [3.63, 3.8) is 0 Å². The summed E-state index contributed by atoms with van der Waals surface area (Å²) in [6, 6.07) is 11.4. The Labute approximate surface area is 175 Å². The molecule has 0 saturated heterocycles. The second-order valence-corrected chi connectivity index (χ2v) is 8.73. The predicted octanol–water partition coefficient (Wildman–Crippen LogP) is 1.19. The van der Waals surface area contributed by atoms with Gasteiger partial charge in [-0.2, -0.15) is 9.67 Å². The maximum atomic E-state index is 11.3. The number of nitrogens with zero attached hydrogens (tertiary/aromatic N) is 4. The molecule has 0 aliphatic carbocycles. The van der Waals surface area contributed by atoms with Crippen LogP contribution in [0, 0.1) is 0 Å².